The third-order valence-electron chi connectivity index (χ3n) is 4.67. The summed E-state index contributed by atoms with van der Waals surface area (Å²) >= 11 is 0. The number of methoxy groups -OCH3 is 1. The first-order chi connectivity index (χ1) is 11.3. The van der Waals surface area contributed by atoms with Gasteiger partial charge in [0.2, 0.25) is 5.88 Å². The highest BCUT2D eigenvalue weighted by Crippen LogP contribution is 2.26. The first-order valence-electron chi connectivity index (χ1n) is 9.03. The molecule has 1 aliphatic rings. The topological polar surface area (TPSA) is 51.6 Å². The fraction of sp³-hybridized carbons (Fsp3) is 0.833. The van der Waals surface area contributed by atoms with Crippen molar-refractivity contribution in [1.29, 1.82) is 0 Å². The van der Waals surface area contributed by atoms with Crippen molar-refractivity contribution in [3.05, 3.63) is 11.3 Å². The predicted octanol–water partition coefficient (Wildman–Crippen LogP) is 2.14. The fourth-order valence-electron chi connectivity index (χ4n) is 3.57. The smallest absolute Gasteiger partial charge is 0.216 e. The van der Waals surface area contributed by atoms with Crippen molar-refractivity contribution >= 4 is 0 Å². The zero-order valence-electron chi connectivity index (χ0n) is 16.3. The molecule has 6 nitrogen and oxygen atoms in total. The molecule has 0 radical (unpaired) electrons. The van der Waals surface area contributed by atoms with E-state index in [1.54, 1.807) is 7.11 Å². The number of morpholine rings is 1. The number of nitrogens with zero attached hydrogens (tertiary/aromatic N) is 3. The lowest BCUT2D eigenvalue weighted by Gasteiger charge is -2.39. The molecule has 0 unspecified atom stereocenters. The molecule has 3 atom stereocenters. The standard InChI is InChI=1S/C18H34N4O2/c1-12(2)17-16(18(23-7)21(6)20-17)9-19-8-13(3)22-10-14(4)24-15(5)11-22/h12-15,19H,8-11H2,1-7H3/t13-,14-,15+/m1/s1. The van der Waals surface area contributed by atoms with Gasteiger partial charge in [-0.25, -0.2) is 4.68 Å². The average molecular weight is 338 g/mol. The molecule has 1 aliphatic heterocycles. The van der Waals surface area contributed by atoms with Crippen LogP contribution in [0.2, 0.25) is 0 Å². The zero-order chi connectivity index (χ0) is 17.9. The van der Waals surface area contributed by atoms with Crippen LogP contribution in [-0.2, 0) is 18.3 Å². The molecule has 6 heteroatoms. The van der Waals surface area contributed by atoms with Gasteiger partial charge in [-0.15, -0.1) is 0 Å². The van der Waals surface area contributed by atoms with Gasteiger partial charge in [-0.1, -0.05) is 13.8 Å². The minimum absolute atomic E-state index is 0.308. The summed E-state index contributed by atoms with van der Waals surface area (Å²) in [4.78, 5) is 2.51. The Hall–Kier alpha value is -1.11. The van der Waals surface area contributed by atoms with Crippen molar-refractivity contribution in [2.45, 2.75) is 65.3 Å². The Morgan fingerprint density at radius 1 is 1.25 bits per heavy atom. The summed E-state index contributed by atoms with van der Waals surface area (Å²) in [6.45, 7) is 14.6. The van der Waals surface area contributed by atoms with Crippen LogP contribution in [0.3, 0.4) is 0 Å². The van der Waals surface area contributed by atoms with Crippen LogP contribution in [-0.4, -0.2) is 59.7 Å². The van der Waals surface area contributed by atoms with Gasteiger partial charge in [0.15, 0.2) is 0 Å². The fourth-order valence-corrected chi connectivity index (χ4v) is 3.57. The van der Waals surface area contributed by atoms with Gasteiger partial charge in [0.25, 0.3) is 0 Å². The van der Waals surface area contributed by atoms with Crippen molar-refractivity contribution in [2.24, 2.45) is 7.05 Å². The number of rotatable bonds is 7. The second-order valence-electron chi connectivity index (χ2n) is 7.34. The molecule has 1 aromatic rings. The summed E-state index contributed by atoms with van der Waals surface area (Å²) in [5.41, 5.74) is 2.29. The van der Waals surface area contributed by atoms with Gasteiger partial charge in [0, 0.05) is 39.3 Å². The number of aryl methyl sites for hydroxylation is 1. The van der Waals surface area contributed by atoms with Crippen molar-refractivity contribution in [1.82, 2.24) is 20.0 Å². The lowest BCUT2D eigenvalue weighted by atomic mass is 10.1. The highest BCUT2D eigenvalue weighted by molar-refractivity contribution is 5.33. The summed E-state index contributed by atoms with van der Waals surface area (Å²) in [6.07, 6.45) is 0.615. The monoisotopic (exact) mass is 338 g/mol. The number of nitrogens with one attached hydrogen (secondary N) is 1. The van der Waals surface area contributed by atoms with Crippen molar-refractivity contribution < 1.29 is 9.47 Å². The van der Waals surface area contributed by atoms with E-state index in [0.717, 1.165) is 37.8 Å². The SMILES string of the molecule is COc1c(CNC[C@@H](C)N2C[C@@H](C)O[C@@H](C)C2)c(C(C)C)nn1C. The Bertz CT molecular complexity index is 519. The van der Waals surface area contributed by atoms with Gasteiger partial charge in [-0.3, -0.25) is 4.90 Å². The number of aromatic nitrogens is 2. The Labute approximate surface area is 146 Å². The van der Waals surface area contributed by atoms with Crippen LogP contribution in [0.1, 0.15) is 51.8 Å². The van der Waals surface area contributed by atoms with Crippen LogP contribution >= 0.6 is 0 Å². The van der Waals surface area contributed by atoms with Gasteiger partial charge in [-0.05, 0) is 26.7 Å². The maximum Gasteiger partial charge on any atom is 0.216 e. The van der Waals surface area contributed by atoms with E-state index in [2.05, 4.69) is 49.9 Å². The van der Waals surface area contributed by atoms with E-state index >= 15 is 0 Å². The normalized spacial score (nSPS) is 23.7. The van der Waals surface area contributed by atoms with Crippen LogP contribution in [0.5, 0.6) is 5.88 Å². The van der Waals surface area contributed by atoms with Gasteiger partial charge >= 0.3 is 0 Å². The van der Waals surface area contributed by atoms with Crippen molar-refractivity contribution in [3.63, 3.8) is 0 Å². The Morgan fingerprint density at radius 2 is 1.88 bits per heavy atom. The molecule has 1 aromatic heterocycles. The molecule has 0 saturated carbocycles. The number of ether oxygens (including phenoxy) is 2. The molecule has 0 bridgehead atoms. The maximum absolute atomic E-state index is 5.83. The Morgan fingerprint density at radius 3 is 2.42 bits per heavy atom. The largest absolute Gasteiger partial charge is 0.481 e. The summed E-state index contributed by atoms with van der Waals surface area (Å²) in [6, 6.07) is 0.476. The molecular weight excluding hydrogens is 304 g/mol. The van der Waals surface area contributed by atoms with Gasteiger partial charge in [0.05, 0.1) is 30.6 Å². The molecular formula is C18H34N4O2. The van der Waals surface area contributed by atoms with Crippen LogP contribution in [0.4, 0.5) is 0 Å². The molecule has 0 aliphatic carbocycles. The molecule has 1 fully saturated rings. The molecule has 2 heterocycles. The highest BCUT2D eigenvalue weighted by atomic mass is 16.5. The molecule has 2 rings (SSSR count). The van der Waals surface area contributed by atoms with Crippen LogP contribution in [0.15, 0.2) is 0 Å². The minimum atomic E-state index is 0.308. The third-order valence-corrected chi connectivity index (χ3v) is 4.67. The van der Waals surface area contributed by atoms with Gasteiger partial charge in [-0.2, -0.15) is 5.10 Å². The maximum atomic E-state index is 5.83. The highest BCUT2D eigenvalue weighted by Gasteiger charge is 2.26. The molecule has 0 spiro atoms. The summed E-state index contributed by atoms with van der Waals surface area (Å²) in [7, 11) is 3.65. The molecule has 0 amide bonds. The Balaban J connectivity index is 1.94. The Kier molecular flexibility index (Phi) is 6.66. The molecule has 0 aromatic carbocycles. The second kappa shape index (κ2) is 8.32. The van der Waals surface area contributed by atoms with E-state index in [-0.39, 0.29) is 0 Å². The molecule has 138 valence electrons. The lowest BCUT2D eigenvalue weighted by Crippen LogP contribution is -2.51. The van der Waals surface area contributed by atoms with E-state index in [1.807, 2.05) is 11.7 Å². The van der Waals surface area contributed by atoms with Crippen LogP contribution in [0.25, 0.3) is 0 Å². The van der Waals surface area contributed by atoms with E-state index in [1.165, 1.54) is 5.56 Å². The lowest BCUT2D eigenvalue weighted by molar-refractivity contribution is -0.0781. The van der Waals surface area contributed by atoms with Crippen molar-refractivity contribution in [3.8, 4) is 5.88 Å². The van der Waals surface area contributed by atoms with Crippen molar-refractivity contribution in [2.75, 3.05) is 26.7 Å². The zero-order valence-corrected chi connectivity index (χ0v) is 16.3. The van der Waals surface area contributed by atoms with Crippen LogP contribution < -0.4 is 10.1 Å². The first-order valence-corrected chi connectivity index (χ1v) is 9.03. The third kappa shape index (κ3) is 4.49. The number of hydrogen-bond donors (Lipinski definition) is 1. The second-order valence-corrected chi connectivity index (χ2v) is 7.34. The van der Waals surface area contributed by atoms with Crippen LogP contribution in [0, 0.1) is 0 Å². The molecule has 1 saturated heterocycles. The van der Waals surface area contributed by atoms with E-state index in [9.17, 15) is 0 Å². The summed E-state index contributed by atoms with van der Waals surface area (Å²) in [5.74, 6) is 1.24. The first kappa shape index (κ1) is 19.2. The predicted molar refractivity (Wildman–Crippen MR) is 96.6 cm³/mol. The van der Waals surface area contributed by atoms with Gasteiger partial charge < -0.3 is 14.8 Å². The average Bonchev–Trinajstić information content (AvgIpc) is 2.82. The quantitative estimate of drug-likeness (QED) is 0.825. The minimum Gasteiger partial charge on any atom is -0.481 e. The summed E-state index contributed by atoms with van der Waals surface area (Å²) < 4.78 is 13.2. The van der Waals surface area contributed by atoms with Gasteiger partial charge in [0.1, 0.15) is 0 Å². The van der Waals surface area contributed by atoms with E-state index in [0.29, 0.717) is 24.2 Å². The number of hydrogen-bond acceptors (Lipinski definition) is 5. The van der Waals surface area contributed by atoms with E-state index < -0.39 is 0 Å². The molecule has 24 heavy (non-hydrogen) atoms. The summed E-state index contributed by atoms with van der Waals surface area (Å²) in [5, 5.41) is 8.21. The molecule has 1 N–H and O–H groups in total. The van der Waals surface area contributed by atoms with E-state index in [4.69, 9.17) is 9.47 Å².